The first kappa shape index (κ1) is 28.3. The van der Waals surface area contributed by atoms with Crippen molar-refractivity contribution >= 4 is 34.9 Å². The van der Waals surface area contributed by atoms with Gasteiger partial charge in [0, 0.05) is 36.5 Å². The van der Waals surface area contributed by atoms with Crippen molar-refractivity contribution in [2.45, 2.75) is 45.6 Å². The maximum atomic E-state index is 13.2. The zero-order valence-electron chi connectivity index (χ0n) is 22.2. The van der Waals surface area contributed by atoms with Crippen LogP contribution in [-0.4, -0.2) is 36.2 Å². The summed E-state index contributed by atoms with van der Waals surface area (Å²) < 4.78 is 24.9. The number of hydrogen-bond acceptors (Lipinski definition) is 5. The van der Waals surface area contributed by atoms with Gasteiger partial charge in [-0.05, 0) is 78.6 Å². The van der Waals surface area contributed by atoms with Crippen LogP contribution >= 0.6 is 11.6 Å². The number of ether oxygens (including phenoxy) is 2. The Hall–Kier alpha value is -3.71. The molecule has 0 N–H and O–H groups in total. The van der Waals surface area contributed by atoms with Crippen molar-refractivity contribution in [1.29, 1.82) is 0 Å². The molecule has 0 aliphatic carbocycles. The van der Waals surface area contributed by atoms with Crippen LogP contribution in [0, 0.1) is 18.7 Å². The molecule has 3 aromatic carbocycles. The largest absolute Gasteiger partial charge is 0.457 e. The van der Waals surface area contributed by atoms with E-state index in [4.69, 9.17) is 21.1 Å². The Labute approximate surface area is 232 Å². The molecule has 2 atom stereocenters. The summed E-state index contributed by atoms with van der Waals surface area (Å²) in [7, 11) is 0. The quantitative estimate of drug-likeness (QED) is 0.157. The SMILES string of the molecule is Cc1ccc(C(C)C)c(Oc2ccc(N3C[C@@H](C(=O)O[C@@H](CCCl)C(=O)c4ccc(F)cc4)CC3=O)cc2)c1. The number of carbonyl (C=O) groups excluding carboxylic acids is 3. The molecule has 1 saturated heterocycles. The topological polar surface area (TPSA) is 72.9 Å². The van der Waals surface area contributed by atoms with Crippen molar-refractivity contribution in [3.63, 3.8) is 0 Å². The molecule has 1 amide bonds. The van der Waals surface area contributed by atoms with Crippen LogP contribution in [0.2, 0.25) is 0 Å². The van der Waals surface area contributed by atoms with Gasteiger partial charge in [-0.2, -0.15) is 0 Å². The first-order valence-corrected chi connectivity index (χ1v) is 13.4. The molecule has 1 fully saturated rings. The summed E-state index contributed by atoms with van der Waals surface area (Å²) in [5, 5.41) is 0. The second kappa shape index (κ2) is 12.4. The fraction of sp³-hybridized carbons (Fsp3) is 0.323. The van der Waals surface area contributed by atoms with E-state index in [1.54, 1.807) is 24.3 Å². The molecule has 0 spiro atoms. The van der Waals surface area contributed by atoms with Crippen molar-refractivity contribution in [3.8, 4) is 11.5 Å². The number of amides is 1. The third-order valence-corrected chi connectivity index (χ3v) is 6.89. The van der Waals surface area contributed by atoms with E-state index in [0.717, 1.165) is 16.9 Å². The number of nitrogens with zero attached hydrogens (tertiary/aromatic N) is 1. The van der Waals surface area contributed by atoms with E-state index in [-0.39, 0.29) is 36.7 Å². The fourth-order valence-electron chi connectivity index (χ4n) is 4.52. The van der Waals surface area contributed by atoms with Crippen LogP contribution in [0.3, 0.4) is 0 Å². The number of ketones is 1. The Morgan fingerprint density at radius 2 is 1.74 bits per heavy atom. The molecule has 0 saturated carbocycles. The lowest BCUT2D eigenvalue weighted by molar-refractivity contribution is -0.151. The average Bonchev–Trinajstić information content (AvgIpc) is 3.30. The van der Waals surface area contributed by atoms with E-state index < -0.39 is 29.6 Å². The van der Waals surface area contributed by atoms with E-state index >= 15 is 0 Å². The minimum Gasteiger partial charge on any atom is -0.457 e. The summed E-state index contributed by atoms with van der Waals surface area (Å²) in [4.78, 5) is 40.1. The molecule has 6 nitrogen and oxygen atoms in total. The summed E-state index contributed by atoms with van der Waals surface area (Å²) in [5.41, 5.74) is 3.05. The zero-order valence-corrected chi connectivity index (χ0v) is 22.9. The Balaban J connectivity index is 1.41. The highest BCUT2D eigenvalue weighted by molar-refractivity contribution is 6.18. The molecule has 1 heterocycles. The molecule has 39 heavy (non-hydrogen) atoms. The Morgan fingerprint density at radius 3 is 2.38 bits per heavy atom. The molecule has 0 unspecified atom stereocenters. The van der Waals surface area contributed by atoms with E-state index in [2.05, 4.69) is 26.0 Å². The summed E-state index contributed by atoms with van der Waals surface area (Å²) in [6, 6.07) is 18.3. The molecule has 1 aliphatic heterocycles. The highest BCUT2D eigenvalue weighted by Crippen LogP contribution is 2.33. The number of carbonyl (C=O) groups is 3. The minimum absolute atomic E-state index is 0.0313. The second-order valence-corrected chi connectivity index (χ2v) is 10.3. The van der Waals surface area contributed by atoms with Crippen LogP contribution in [0.1, 0.15) is 54.1 Å². The minimum atomic E-state index is -1.11. The van der Waals surface area contributed by atoms with Crippen LogP contribution in [0.4, 0.5) is 10.1 Å². The molecular formula is C31H31ClFNO5. The average molecular weight is 552 g/mol. The zero-order chi connectivity index (χ0) is 28.1. The van der Waals surface area contributed by atoms with Gasteiger partial charge in [0.15, 0.2) is 6.10 Å². The summed E-state index contributed by atoms with van der Waals surface area (Å²) in [5.74, 6) is -0.705. The van der Waals surface area contributed by atoms with Crippen molar-refractivity contribution < 1.29 is 28.2 Å². The van der Waals surface area contributed by atoms with Gasteiger partial charge >= 0.3 is 5.97 Å². The lowest BCUT2D eigenvalue weighted by Gasteiger charge is -2.20. The maximum Gasteiger partial charge on any atom is 0.312 e. The van der Waals surface area contributed by atoms with Gasteiger partial charge < -0.3 is 14.4 Å². The Bertz CT molecular complexity index is 1340. The van der Waals surface area contributed by atoms with Gasteiger partial charge in [-0.15, -0.1) is 11.6 Å². The van der Waals surface area contributed by atoms with Gasteiger partial charge in [0.25, 0.3) is 0 Å². The number of benzene rings is 3. The Morgan fingerprint density at radius 1 is 1.05 bits per heavy atom. The number of aryl methyl sites for hydroxylation is 1. The van der Waals surface area contributed by atoms with Gasteiger partial charge in [-0.1, -0.05) is 26.0 Å². The molecule has 0 bridgehead atoms. The number of alkyl halides is 1. The van der Waals surface area contributed by atoms with Gasteiger partial charge in [-0.25, -0.2) is 4.39 Å². The summed E-state index contributed by atoms with van der Waals surface area (Å²) >= 11 is 5.84. The predicted molar refractivity (Wildman–Crippen MR) is 148 cm³/mol. The smallest absolute Gasteiger partial charge is 0.312 e. The molecule has 0 aromatic heterocycles. The van der Waals surface area contributed by atoms with Crippen molar-refractivity contribution in [2.24, 2.45) is 5.92 Å². The number of Topliss-reactive ketones (excluding diaryl/α,β-unsaturated/α-hetero) is 1. The van der Waals surface area contributed by atoms with Gasteiger partial charge in [0.05, 0.1) is 5.92 Å². The molecular weight excluding hydrogens is 521 g/mol. The predicted octanol–water partition coefficient (Wildman–Crippen LogP) is 6.83. The molecule has 8 heteroatoms. The summed E-state index contributed by atoms with van der Waals surface area (Å²) in [6.07, 6.45) is -1.04. The number of hydrogen-bond donors (Lipinski definition) is 0. The molecule has 3 aromatic rings. The van der Waals surface area contributed by atoms with Crippen LogP contribution in [0.15, 0.2) is 66.7 Å². The standard InChI is InChI=1S/C31H31ClFNO5/c1-19(2)26-13-4-20(3)16-28(26)38-25-11-9-24(10-12-25)34-18-22(17-29(34)35)31(37)39-27(14-15-32)30(36)21-5-7-23(33)8-6-21/h4-13,16,19,22,27H,14-15,17-18H2,1-3H3/t22-,27-/m0/s1. The molecule has 0 radical (unpaired) electrons. The molecule has 4 rings (SSSR count). The van der Waals surface area contributed by atoms with Crippen LogP contribution < -0.4 is 9.64 Å². The molecule has 1 aliphatic rings. The van der Waals surface area contributed by atoms with Crippen LogP contribution in [0.5, 0.6) is 11.5 Å². The highest BCUT2D eigenvalue weighted by atomic mass is 35.5. The normalized spacial score (nSPS) is 15.9. The first-order valence-electron chi connectivity index (χ1n) is 12.9. The van der Waals surface area contributed by atoms with E-state index in [1.165, 1.54) is 29.2 Å². The van der Waals surface area contributed by atoms with Gasteiger partial charge in [0.2, 0.25) is 11.7 Å². The molecule has 204 valence electrons. The fourth-order valence-corrected chi connectivity index (χ4v) is 4.72. The third kappa shape index (κ3) is 6.84. The number of esters is 1. The number of halogens is 2. The lowest BCUT2D eigenvalue weighted by atomic mass is 10.0. The third-order valence-electron chi connectivity index (χ3n) is 6.68. The Kier molecular flexibility index (Phi) is 9.02. The van der Waals surface area contributed by atoms with E-state index in [1.807, 2.05) is 13.0 Å². The van der Waals surface area contributed by atoms with Crippen molar-refractivity contribution in [2.75, 3.05) is 17.3 Å². The monoisotopic (exact) mass is 551 g/mol. The number of rotatable bonds is 10. The van der Waals surface area contributed by atoms with Crippen LogP contribution in [-0.2, 0) is 14.3 Å². The van der Waals surface area contributed by atoms with E-state index in [0.29, 0.717) is 17.4 Å². The van der Waals surface area contributed by atoms with Crippen molar-refractivity contribution in [1.82, 2.24) is 0 Å². The second-order valence-electron chi connectivity index (χ2n) is 9.97. The number of anilines is 1. The van der Waals surface area contributed by atoms with Gasteiger partial charge in [0.1, 0.15) is 17.3 Å². The maximum absolute atomic E-state index is 13.2. The first-order chi connectivity index (χ1) is 18.7. The lowest BCUT2D eigenvalue weighted by Crippen LogP contribution is -2.32. The highest BCUT2D eigenvalue weighted by Gasteiger charge is 2.38. The van der Waals surface area contributed by atoms with Crippen LogP contribution in [0.25, 0.3) is 0 Å². The van der Waals surface area contributed by atoms with Crippen molar-refractivity contribution in [3.05, 3.63) is 89.2 Å². The van der Waals surface area contributed by atoms with E-state index in [9.17, 15) is 18.8 Å². The van der Waals surface area contributed by atoms with Gasteiger partial charge in [-0.3, -0.25) is 14.4 Å². The summed E-state index contributed by atoms with van der Waals surface area (Å²) in [6.45, 7) is 6.36.